The van der Waals surface area contributed by atoms with Gasteiger partial charge in [0.05, 0.1) is 12.2 Å². The minimum absolute atomic E-state index is 0.0148. The number of aliphatic hydroxyl groups excluding tert-OH is 1. The molecule has 1 aliphatic carbocycles. The van der Waals surface area contributed by atoms with Gasteiger partial charge in [0, 0.05) is 0 Å². The predicted octanol–water partition coefficient (Wildman–Crippen LogP) is 4.06. The zero-order valence-corrected chi connectivity index (χ0v) is 18.6. The van der Waals surface area contributed by atoms with Gasteiger partial charge in [-0.2, -0.15) is 0 Å². The first-order chi connectivity index (χ1) is 14.9. The van der Waals surface area contributed by atoms with Crippen molar-refractivity contribution in [3.05, 3.63) is 53.2 Å². The number of carbonyl (C=O) groups is 2. The number of carbonyl (C=O) groups excluding carboxylic acids is 2. The average molecular weight is 445 g/mol. The van der Waals surface area contributed by atoms with Gasteiger partial charge in [-0.05, 0) is 67.5 Å². The minimum Gasteiger partial charge on any atom is -0.451 e. The normalized spacial score (nSPS) is 26.0. The van der Waals surface area contributed by atoms with E-state index in [0.29, 0.717) is 6.42 Å². The minimum atomic E-state index is -0.841. The zero-order valence-electron chi connectivity index (χ0n) is 17.7. The lowest BCUT2D eigenvalue weighted by Crippen LogP contribution is -2.35. The first kappa shape index (κ1) is 22.0. The average Bonchev–Trinajstić information content (AvgIpc) is 3.38. The Morgan fingerprint density at radius 3 is 2.81 bits per heavy atom. The van der Waals surface area contributed by atoms with Gasteiger partial charge in [0.2, 0.25) is 5.91 Å². The van der Waals surface area contributed by atoms with Crippen molar-refractivity contribution in [1.29, 1.82) is 0 Å². The van der Waals surface area contributed by atoms with Crippen molar-refractivity contribution in [1.82, 2.24) is 10.3 Å². The number of hydrogen-bond donors (Lipinski definition) is 2. The van der Waals surface area contributed by atoms with Crippen LogP contribution in [0.4, 0.5) is 4.79 Å². The molecule has 2 N–H and O–H groups in total. The van der Waals surface area contributed by atoms with Crippen LogP contribution in [-0.4, -0.2) is 38.7 Å². The van der Waals surface area contributed by atoms with E-state index in [1.807, 2.05) is 0 Å². The summed E-state index contributed by atoms with van der Waals surface area (Å²) in [6.45, 7) is 4.16. The summed E-state index contributed by atoms with van der Waals surface area (Å²) in [5.41, 5.74) is 4.20. The van der Waals surface area contributed by atoms with Gasteiger partial charge in [0.15, 0.2) is 6.39 Å². The molecule has 1 aromatic carbocycles. The Bertz CT molecular complexity index is 932. The van der Waals surface area contributed by atoms with Gasteiger partial charge in [0.1, 0.15) is 23.3 Å². The number of oxazole rings is 1. The lowest BCUT2D eigenvalue weighted by atomic mass is 9.83. The van der Waals surface area contributed by atoms with Gasteiger partial charge >= 0.3 is 0 Å². The predicted molar refractivity (Wildman–Crippen MR) is 117 cm³/mol. The number of hydrogen-bond acceptors (Lipinski definition) is 7. The summed E-state index contributed by atoms with van der Waals surface area (Å²) in [6, 6.07) is 6.29. The lowest BCUT2D eigenvalue weighted by molar-refractivity contribution is -0.120. The van der Waals surface area contributed by atoms with Crippen molar-refractivity contribution in [2.24, 2.45) is 5.92 Å². The van der Waals surface area contributed by atoms with Gasteiger partial charge in [0.25, 0.3) is 5.24 Å². The van der Waals surface area contributed by atoms with E-state index in [4.69, 9.17) is 9.15 Å². The van der Waals surface area contributed by atoms with E-state index < -0.39 is 17.3 Å². The molecule has 166 valence electrons. The summed E-state index contributed by atoms with van der Waals surface area (Å²) < 4.78 is 11.8. The topological polar surface area (TPSA) is 102 Å². The number of aromatic nitrogens is 1. The summed E-state index contributed by atoms with van der Waals surface area (Å²) in [5.74, 6) is -0.164. The van der Waals surface area contributed by atoms with Gasteiger partial charge in [-0.15, -0.1) is 0 Å². The van der Waals surface area contributed by atoms with Crippen LogP contribution in [0.2, 0.25) is 0 Å². The number of nitrogens with one attached hydrogen (secondary N) is 1. The third kappa shape index (κ3) is 5.19. The van der Waals surface area contributed by atoms with Crippen LogP contribution in [0.15, 0.2) is 35.3 Å². The van der Waals surface area contributed by atoms with Crippen LogP contribution >= 0.6 is 11.8 Å². The molecule has 1 aromatic heterocycles. The number of imide groups is 1. The quantitative estimate of drug-likeness (QED) is 0.664. The maximum atomic E-state index is 11.9. The monoisotopic (exact) mass is 444 g/mol. The molecule has 2 fully saturated rings. The highest BCUT2D eigenvalue weighted by Gasteiger charge is 2.39. The second kappa shape index (κ2) is 9.54. The largest absolute Gasteiger partial charge is 0.451 e. The first-order valence-electron chi connectivity index (χ1n) is 10.7. The van der Waals surface area contributed by atoms with E-state index >= 15 is 0 Å². The molecule has 0 radical (unpaired) electrons. The lowest BCUT2D eigenvalue weighted by Gasteiger charge is -2.33. The highest BCUT2D eigenvalue weighted by molar-refractivity contribution is 8.15. The van der Waals surface area contributed by atoms with E-state index in [1.54, 1.807) is 6.26 Å². The third-order valence-electron chi connectivity index (χ3n) is 6.26. The fraction of sp³-hybridized carbons (Fsp3) is 0.522. The van der Waals surface area contributed by atoms with E-state index in [9.17, 15) is 14.7 Å². The molecule has 1 saturated carbocycles. The number of rotatable bonds is 7. The van der Waals surface area contributed by atoms with Crippen LogP contribution in [0.25, 0.3) is 0 Å². The second-order valence-electron chi connectivity index (χ2n) is 8.55. The Kier molecular flexibility index (Phi) is 6.79. The van der Waals surface area contributed by atoms with E-state index in [-0.39, 0.29) is 23.4 Å². The van der Waals surface area contributed by atoms with Crippen molar-refractivity contribution in [3.8, 4) is 0 Å². The van der Waals surface area contributed by atoms with Crippen LogP contribution < -0.4 is 5.32 Å². The molecule has 0 bridgehead atoms. The molecule has 2 aliphatic rings. The number of aryl methyl sites for hydroxylation is 2. The summed E-state index contributed by atoms with van der Waals surface area (Å²) in [5, 5.41) is 11.7. The van der Waals surface area contributed by atoms with Gasteiger partial charge in [-0.3, -0.25) is 14.9 Å². The van der Waals surface area contributed by atoms with Gasteiger partial charge in [-0.25, -0.2) is 4.98 Å². The van der Waals surface area contributed by atoms with Crippen molar-refractivity contribution < 1.29 is 23.8 Å². The summed E-state index contributed by atoms with van der Waals surface area (Å²) in [6.07, 6.45) is 6.07. The SMILES string of the molecule is Cc1ccc(C(OC2CCCC(CC(O)C3SC(=O)NC3=O)C2)c2cocn2)cc1C. The van der Waals surface area contributed by atoms with Crippen LogP contribution in [0.1, 0.15) is 60.6 Å². The molecule has 2 amide bonds. The third-order valence-corrected chi connectivity index (χ3v) is 7.36. The molecular weight excluding hydrogens is 416 g/mol. The van der Waals surface area contributed by atoms with Crippen molar-refractivity contribution in [2.45, 2.75) is 69.5 Å². The smallest absolute Gasteiger partial charge is 0.286 e. The molecular formula is C23H28N2O5S. The molecule has 31 heavy (non-hydrogen) atoms. The van der Waals surface area contributed by atoms with Crippen LogP contribution in [0.3, 0.4) is 0 Å². The number of ether oxygens (including phenoxy) is 1. The zero-order chi connectivity index (χ0) is 22.0. The number of amides is 2. The van der Waals surface area contributed by atoms with E-state index in [1.165, 1.54) is 17.5 Å². The molecule has 4 rings (SSSR count). The van der Waals surface area contributed by atoms with E-state index in [0.717, 1.165) is 48.7 Å². The molecule has 5 unspecified atom stereocenters. The first-order valence-corrected chi connectivity index (χ1v) is 11.6. The van der Waals surface area contributed by atoms with Crippen LogP contribution in [0, 0.1) is 19.8 Å². The molecule has 7 nitrogen and oxygen atoms in total. The molecule has 1 saturated heterocycles. The molecule has 5 atom stereocenters. The second-order valence-corrected chi connectivity index (χ2v) is 9.66. The van der Waals surface area contributed by atoms with Crippen molar-refractivity contribution >= 4 is 22.9 Å². The number of benzene rings is 1. The Morgan fingerprint density at radius 1 is 1.29 bits per heavy atom. The fourth-order valence-electron chi connectivity index (χ4n) is 4.46. The Balaban J connectivity index is 1.43. The number of thioether (sulfide) groups is 1. The van der Waals surface area contributed by atoms with Gasteiger partial charge in [-0.1, -0.05) is 31.0 Å². The highest BCUT2D eigenvalue weighted by atomic mass is 32.2. The highest BCUT2D eigenvalue weighted by Crippen LogP contribution is 2.36. The molecule has 2 heterocycles. The molecule has 8 heteroatoms. The Hall–Kier alpha value is -2.16. The molecule has 2 aromatic rings. The van der Waals surface area contributed by atoms with Gasteiger partial charge < -0.3 is 14.3 Å². The van der Waals surface area contributed by atoms with Crippen LogP contribution in [0.5, 0.6) is 0 Å². The molecule has 1 aliphatic heterocycles. The number of aliphatic hydroxyl groups is 1. The summed E-state index contributed by atoms with van der Waals surface area (Å²) in [4.78, 5) is 27.6. The van der Waals surface area contributed by atoms with Crippen molar-refractivity contribution in [3.63, 3.8) is 0 Å². The molecule has 0 spiro atoms. The maximum Gasteiger partial charge on any atom is 0.286 e. The maximum absolute atomic E-state index is 11.9. The summed E-state index contributed by atoms with van der Waals surface area (Å²) >= 11 is 0.880. The standard InChI is InChI=1S/C23H28N2O5S/c1-13-6-7-16(8-14(13)2)20(18-11-29-12-24-18)30-17-5-3-4-15(9-17)10-19(26)21-22(27)25-23(28)31-21/h6-8,11-12,15,17,19-21,26H,3-5,9-10H2,1-2H3,(H,25,27,28). The Labute approximate surface area is 186 Å². The Morgan fingerprint density at radius 2 is 2.13 bits per heavy atom. The van der Waals surface area contributed by atoms with E-state index in [2.05, 4.69) is 42.3 Å². The number of nitrogens with zero attached hydrogens (tertiary/aromatic N) is 1. The summed E-state index contributed by atoms with van der Waals surface area (Å²) in [7, 11) is 0. The van der Waals surface area contributed by atoms with Crippen molar-refractivity contribution in [2.75, 3.05) is 0 Å². The fourth-order valence-corrected chi connectivity index (χ4v) is 5.28. The van der Waals surface area contributed by atoms with Crippen LogP contribution in [-0.2, 0) is 9.53 Å².